The number of nitrogens with one attached hydrogen (secondary N) is 1. The topological polar surface area (TPSA) is 101 Å². The lowest BCUT2D eigenvalue weighted by Gasteiger charge is -2.09. The molecule has 0 bridgehead atoms. The van der Waals surface area contributed by atoms with E-state index < -0.39 is 10.0 Å². The Hall–Kier alpha value is -3.18. The molecule has 8 heteroatoms. The zero-order valence-electron chi connectivity index (χ0n) is 12.5. The lowest BCUT2D eigenvalue weighted by Crippen LogP contribution is -2.13. The van der Waals surface area contributed by atoms with Crippen molar-refractivity contribution in [3.63, 3.8) is 0 Å². The van der Waals surface area contributed by atoms with Gasteiger partial charge in [-0.2, -0.15) is 10.4 Å². The number of hydrogen-bond donors (Lipinski definition) is 1. The van der Waals surface area contributed by atoms with Gasteiger partial charge < -0.3 is 0 Å². The maximum absolute atomic E-state index is 12.4. The molecule has 7 nitrogen and oxygen atoms in total. The molecular weight excluding hydrogens is 326 g/mol. The Labute approximate surface area is 139 Å². The average molecular weight is 339 g/mol. The van der Waals surface area contributed by atoms with Crippen molar-refractivity contribution in [2.24, 2.45) is 0 Å². The average Bonchev–Trinajstić information content (AvgIpc) is 3.09. The minimum absolute atomic E-state index is 0.0493. The lowest BCUT2D eigenvalue weighted by molar-refractivity contribution is 0.601. The summed E-state index contributed by atoms with van der Waals surface area (Å²) in [6.45, 7) is 0.553. The molecule has 0 unspecified atom stereocenters. The fourth-order valence-electron chi connectivity index (χ4n) is 2.13. The summed E-state index contributed by atoms with van der Waals surface area (Å²) in [6, 6.07) is 14.8. The number of benzene rings is 2. The smallest absolute Gasteiger partial charge is 0.261 e. The Morgan fingerprint density at radius 3 is 2.62 bits per heavy atom. The van der Waals surface area contributed by atoms with Crippen molar-refractivity contribution in [1.29, 1.82) is 5.26 Å². The molecule has 0 atom stereocenters. The third-order valence-electron chi connectivity index (χ3n) is 3.29. The van der Waals surface area contributed by atoms with E-state index in [1.165, 1.54) is 24.5 Å². The second kappa shape index (κ2) is 6.52. The van der Waals surface area contributed by atoms with Crippen LogP contribution in [0, 0.1) is 11.3 Å². The van der Waals surface area contributed by atoms with Crippen LogP contribution in [0.15, 0.2) is 66.1 Å². The Bertz CT molecular complexity index is 974. The molecular formula is C16H13N5O2S. The van der Waals surface area contributed by atoms with Crippen molar-refractivity contribution in [3.05, 3.63) is 72.3 Å². The third kappa shape index (κ3) is 3.59. The first-order valence-electron chi connectivity index (χ1n) is 7.01. The molecule has 0 aliphatic carbocycles. The molecule has 0 spiro atoms. The molecule has 24 heavy (non-hydrogen) atoms. The summed E-state index contributed by atoms with van der Waals surface area (Å²) in [5, 5.41) is 12.9. The van der Waals surface area contributed by atoms with Gasteiger partial charge in [0, 0.05) is 5.69 Å². The van der Waals surface area contributed by atoms with Gasteiger partial charge in [-0.25, -0.2) is 18.1 Å². The summed E-state index contributed by atoms with van der Waals surface area (Å²) < 4.78 is 28.9. The highest BCUT2D eigenvalue weighted by Gasteiger charge is 2.14. The van der Waals surface area contributed by atoms with E-state index in [4.69, 9.17) is 5.26 Å². The molecule has 0 saturated heterocycles. The maximum Gasteiger partial charge on any atom is 0.261 e. The molecule has 0 saturated carbocycles. The normalized spacial score (nSPS) is 11.0. The number of nitrogens with zero attached hydrogens (tertiary/aromatic N) is 4. The van der Waals surface area contributed by atoms with Crippen molar-refractivity contribution in [2.45, 2.75) is 11.4 Å². The molecule has 1 aromatic heterocycles. The van der Waals surface area contributed by atoms with Crippen LogP contribution in [0.1, 0.15) is 11.1 Å². The van der Waals surface area contributed by atoms with Gasteiger partial charge in [-0.15, -0.1) is 0 Å². The summed E-state index contributed by atoms with van der Waals surface area (Å²) in [6.07, 6.45) is 3.07. The molecule has 0 radical (unpaired) electrons. The first-order chi connectivity index (χ1) is 11.6. The van der Waals surface area contributed by atoms with Gasteiger partial charge in [-0.3, -0.25) is 4.72 Å². The Morgan fingerprint density at radius 1 is 1.17 bits per heavy atom. The van der Waals surface area contributed by atoms with Crippen LogP contribution in [0.3, 0.4) is 0 Å². The van der Waals surface area contributed by atoms with E-state index in [-0.39, 0.29) is 4.90 Å². The van der Waals surface area contributed by atoms with E-state index in [1.807, 2.05) is 18.2 Å². The van der Waals surface area contributed by atoms with Crippen LogP contribution >= 0.6 is 0 Å². The van der Waals surface area contributed by atoms with Gasteiger partial charge >= 0.3 is 0 Å². The van der Waals surface area contributed by atoms with Crippen LogP contribution in [0.4, 0.5) is 5.69 Å². The van der Waals surface area contributed by atoms with Crippen molar-refractivity contribution in [2.75, 3.05) is 4.72 Å². The first-order valence-corrected chi connectivity index (χ1v) is 8.49. The number of sulfonamides is 1. The van der Waals surface area contributed by atoms with Gasteiger partial charge in [0.15, 0.2) is 0 Å². The molecule has 0 fully saturated rings. The van der Waals surface area contributed by atoms with E-state index in [9.17, 15) is 8.42 Å². The quantitative estimate of drug-likeness (QED) is 0.766. The van der Waals surface area contributed by atoms with Crippen molar-refractivity contribution in [1.82, 2.24) is 14.8 Å². The second-order valence-electron chi connectivity index (χ2n) is 5.04. The van der Waals surface area contributed by atoms with E-state index in [0.717, 1.165) is 5.56 Å². The van der Waals surface area contributed by atoms with Crippen LogP contribution in [0.25, 0.3) is 0 Å². The van der Waals surface area contributed by atoms with Gasteiger partial charge in [-0.05, 0) is 35.9 Å². The maximum atomic E-state index is 12.4. The highest BCUT2D eigenvalue weighted by Crippen LogP contribution is 2.17. The number of aromatic nitrogens is 3. The summed E-state index contributed by atoms with van der Waals surface area (Å²) in [5.41, 5.74) is 1.70. The predicted octanol–water partition coefficient (Wildman–Crippen LogP) is 2.00. The minimum atomic E-state index is -3.74. The summed E-state index contributed by atoms with van der Waals surface area (Å²) in [5.74, 6) is 0. The van der Waals surface area contributed by atoms with E-state index in [2.05, 4.69) is 14.8 Å². The zero-order valence-corrected chi connectivity index (χ0v) is 13.3. The molecule has 3 rings (SSSR count). The Morgan fingerprint density at radius 2 is 1.96 bits per heavy atom. The molecule has 1 N–H and O–H groups in total. The van der Waals surface area contributed by atoms with Gasteiger partial charge in [0.05, 0.1) is 23.1 Å². The number of nitriles is 1. The third-order valence-corrected chi connectivity index (χ3v) is 4.67. The number of rotatable bonds is 5. The molecule has 0 amide bonds. The molecule has 1 heterocycles. The highest BCUT2D eigenvalue weighted by atomic mass is 32.2. The lowest BCUT2D eigenvalue weighted by atomic mass is 10.2. The summed E-state index contributed by atoms with van der Waals surface area (Å²) in [4.78, 5) is 3.92. The van der Waals surface area contributed by atoms with Gasteiger partial charge in [0.2, 0.25) is 0 Å². The largest absolute Gasteiger partial charge is 0.280 e. The van der Waals surface area contributed by atoms with Crippen molar-refractivity contribution >= 4 is 15.7 Å². The van der Waals surface area contributed by atoms with Crippen LogP contribution in [-0.4, -0.2) is 23.2 Å². The minimum Gasteiger partial charge on any atom is -0.280 e. The van der Waals surface area contributed by atoms with Gasteiger partial charge in [0.1, 0.15) is 12.7 Å². The van der Waals surface area contributed by atoms with Crippen molar-refractivity contribution < 1.29 is 8.42 Å². The van der Waals surface area contributed by atoms with Gasteiger partial charge in [-0.1, -0.05) is 18.2 Å². The van der Waals surface area contributed by atoms with Crippen LogP contribution in [0.2, 0.25) is 0 Å². The number of hydrogen-bond acceptors (Lipinski definition) is 5. The van der Waals surface area contributed by atoms with Crippen LogP contribution in [0.5, 0.6) is 0 Å². The highest BCUT2D eigenvalue weighted by molar-refractivity contribution is 7.92. The summed E-state index contributed by atoms with van der Waals surface area (Å²) >= 11 is 0. The van der Waals surface area contributed by atoms with E-state index in [0.29, 0.717) is 17.8 Å². The van der Waals surface area contributed by atoms with Crippen LogP contribution in [-0.2, 0) is 16.6 Å². The Kier molecular flexibility index (Phi) is 4.26. The SMILES string of the molecule is N#Cc1cccc(S(=O)(=O)Nc2ccc(Cn3cncn3)cc2)c1. The fourth-order valence-corrected chi connectivity index (χ4v) is 3.23. The molecule has 2 aromatic carbocycles. The fraction of sp³-hybridized carbons (Fsp3) is 0.0625. The molecule has 120 valence electrons. The standard InChI is InChI=1S/C16H13N5O2S/c17-9-14-2-1-3-16(8-14)24(22,23)20-15-6-4-13(5-7-15)10-21-12-18-11-19-21/h1-8,11-12,20H,10H2. The monoisotopic (exact) mass is 339 g/mol. The predicted molar refractivity (Wildman–Crippen MR) is 87.5 cm³/mol. The summed E-state index contributed by atoms with van der Waals surface area (Å²) in [7, 11) is -3.74. The number of anilines is 1. The van der Waals surface area contributed by atoms with Crippen molar-refractivity contribution in [3.8, 4) is 6.07 Å². The zero-order chi connectivity index (χ0) is 17.0. The molecule has 0 aliphatic rings. The Balaban J connectivity index is 1.76. The first kappa shape index (κ1) is 15.7. The molecule has 3 aromatic rings. The van der Waals surface area contributed by atoms with E-state index >= 15 is 0 Å². The van der Waals surface area contributed by atoms with Gasteiger partial charge in [0.25, 0.3) is 10.0 Å². The molecule has 0 aliphatic heterocycles. The second-order valence-corrected chi connectivity index (χ2v) is 6.72. The van der Waals surface area contributed by atoms with E-state index in [1.54, 1.807) is 29.2 Å². The van der Waals surface area contributed by atoms with Crippen LogP contribution < -0.4 is 4.72 Å².